The van der Waals surface area contributed by atoms with Gasteiger partial charge >= 0.3 is 0 Å². The molecule has 0 radical (unpaired) electrons. The summed E-state index contributed by atoms with van der Waals surface area (Å²) in [6.07, 6.45) is 4.28. The fraction of sp³-hybridized carbons (Fsp3) is 0.375. The number of nitrogens with zero attached hydrogens (tertiary/aromatic N) is 4. The molecule has 1 aromatic heterocycles. The molecule has 3 aromatic rings. The van der Waals surface area contributed by atoms with Crippen molar-refractivity contribution in [3.63, 3.8) is 0 Å². The second kappa shape index (κ2) is 8.75. The maximum Gasteiger partial charge on any atom is 0.237 e. The molecule has 0 bridgehead atoms. The van der Waals surface area contributed by atoms with Crippen LogP contribution in [0, 0.1) is 0 Å². The van der Waals surface area contributed by atoms with Gasteiger partial charge in [-0.2, -0.15) is 0 Å². The Kier molecular flexibility index (Phi) is 5.68. The number of carbonyl (C=O) groups excluding carboxylic acids is 1. The molecule has 2 aliphatic rings. The number of hydrogen-bond donors (Lipinski definition) is 0. The van der Waals surface area contributed by atoms with Crippen LogP contribution < -0.4 is 9.64 Å². The van der Waals surface area contributed by atoms with E-state index in [1.54, 1.807) is 7.11 Å². The lowest BCUT2D eigenvalue weighted by Gasteiger charge is -2.29. The summed E-state index contributed by atoms with van der Waals surface area (Å²) in [5.74, 6) is 2.85. The highest BCUT2D eigenvalue weighted by Gasteiger charge is 2.31. The molecule has 31 heavy (non-hydrogen) atoms. The van der Waals surface area contributed by atoms with Crippen molar-refractivity contribution < 1.29 is 9.53 Å². The van der Waals surface area contributed by atoms with Crippen LogP contribution in [0.2, 0.25) is 0 Å². The summed E-state index contributed by atoms with van der Waals surface area (Å²) in [7, 11) is 1.67. The molecule has 0 N–H and O–H groups in total. The number of fused-ring (bicyclic) bond motifs is 1. The number of rotatable bonds is 7. The molecule has 1 amide bonds. The molecule has 6 nitrogen and oxygen atoms in total. The zero-order chi connectivity index (χ0) is 21.2. The maximum atomic E-state index is 13.1. The number of aromatic nitrogens is 3. The average Bonchev–Trinajstić information content (AvgIpc) is 3.58. The molecule has 0 saturated heterocycles. The number of benzene rings is 2. The minimum atomic E-state index is 0.110. The number of aryl methyl sites for hydroxylation is 1. The Morgan fingerprint density at radius 1 is 1.16 bits per heavy atom. The number of thioether (sulfide) groups is 1. The Bertz CT molecular complexity index is 1080. The van der Waals surface area contributed by atoms with Crippen molar-refractivity contribution in [3.8, 4) is 5.75 Å². The third-order valence-electron chi connectivity index (χ3n) is 5.90. The van der Waals surface area contributed by atoms with E-state index in [-0.39, 0.29) is 5.91 Å². The van der Waals surface area contributed by atoms with E-state index in [0.29, 0.717) is 11.7 Å². The third kappa shape index (κ3) is 4.32. The van der Waals surface area contributed by atoms with Gasteiger partial charge in [-0.3, -0.25) is 4.79 Å². The lowest BCUT2D eigenvalue weighted by molar-refractivity contribution is -0.116. The molecule has 1 aliphatic carbocycles. The molecular formula is C24H26N4O2S. The first-order chi connectivity index (χ1) is 15.2. The van der Waals surface area contributed by atoms with E-state index in [1.807, 2.05) is 29.2 Å². The quantitative estimate of drug-likeness (QED) is 0.520. The van der Waals surface area contributed by atoms with Crippen molar-refractivity contribution in [2.75, 3.05) is 24.3 Å². The first-order valence-electron chi connectivity index (χ1n) is 10.8. The van der Waals surface area contributed by atoms with Gasteiger partial charge in [-0.1, -0.05) is 42.1 Å². The molecule has 0 atom stereocenters. The fourth-order valence-electron chi connectivity index (χ4n) is 4.13. The summed E-state index contributed by atoms with van der Waals surface area (Å²) in [5.41, 5.74) is 3.39. The lowest BCUT2D eigenvalue weighted by Crippen LogP contribution is -2.36. The van der Waals surface area contributed by atoms with Crippen molar-refractivity contribution in [3.05, 3.63) is 65.5 Å². The zero-order valence-corrected chi connectivity index (χ0v) is 18.5. The zero-order valence-electron chi connectivity index (χ0n) is 17.7. The van der Waals surface area contributed by atoms with E-state index < -0.39 is 0 Å². The highest BCUT2D eigenvalue weighted by molar-refractivity contribution is 7.99. The van der Waals surface area contributed by atoms with Gasteiger partial charge in [0.25, 0.3) is 0 Å². The Morgan fingerprint density at radius 2 is 2.00 bits per heavy atom. The smallest absolute Gasteiger partial charge is 0.237 e. The largest absolute Gasteiger partial charge is 0.497 e. The average molecular weight is 435 g/mol. The van der Waals surface area contributed by atoms with Gasteiger partial charge in [-0.05, 0) is 55.0 Å². The summed E-state index contributed by atoms with van der Waals surface area (Å²) in [5, 5.41) is 9.74. The molecule has 1 fully saturated rings. The predicted molar refractivity (Wildman–Crippen MR) is 122 cm³/mol. The van der Waals surface area contributed by atoms with E-state index in [1.165, 1.54) is 35.7 Å². The van der Waals surface area contributed by atoms with Crippen molar-refractivity contribution >= 4 is 23.4 Å². The minimum absolute atomic E-state index is 0.110. The van der Waals surface area contributed by atoms with E-state index in [2.05, 4.69) is 39.0 Å². The van der Waals surface area contributed by atoms with Gasteiger partial charge in [0.2, 0.25) is 5.91 Å². The summed E-state index contributed by atoms with van der Waals surface area (Å²) in [4.78, 5) is 15.0. The van der Waals surface area contributed by atoms with E-state index in [4.69, 9.17) is 4.74 Å². The monoisotopic (exact) mass is 434 g/mol. The fourth-order valence-corrected chi connectivity index (χ4v) is 4.95. The molecule has 2 aromatic carbocycles. The highest BCUT2D eigenvalue weighted by atomic mass is 32.2. The van der Waals surface area contributed by atoms with Crippen LogP contribution in [0.15, 0.2) is 53.7 Å². The van der Waals surface area contributed by atoms with Crippen LogP contribution >= 0.6 is 11.8 Å². The molecule has 5 rings (SSSR count). The molecule has 7 heteroatoms. The van der Waals surface area contributed by atoms with Crippen molar-refractivity contribution in [1.82, 2.24) is 14.8 Å². The molecule has 160 valence electrons. The van der Waals surface area contributed by atoms with Gasteiger partial charge in [0.05, 0.1) is 19.4 Å². The van der Waals surface area contributed by atoms with Gasteiger partial charge in [0.15, 0.2) is 5.16 Å². The van der Waals surface area contributed by atoms with Crippen LogP contribution in [0.5, 0.6) is 5.75 Å². The summed E-state index contributed by atoms with van der Waals surface area (Å²) in [6, 6.07) is 16.3. The Hall–Kier alpha value is -2.80. The number of hydrogen-bond acceptors (Lipinski definition) is 5. The minimum Gasteiger partial charge on any atom is -0.497 e. The SMILES string of the molecule is COc1ccc2c(c1)CCCN2C(=O)CSc1nnc(C2CC2)n1Cc1ccccc1. The second-order valence-electron chi connectivity index (χ2n) is 8.12. The normalized spacial score (nSPS) is 15.6. The Morgan fingerprint density at radius 3 is 2.77 bits per heavy atom. The first kappa shape index (κ1) is 20.1. The number of anilines is 1. The Labute approximate surface area is 186 Å². The maximum absolute atomic E-state index is 13.1. The van der Waals surface area contributed by atoms with E-state index in [9.17, 15) is 4.79 Å². The van der Waals surface area contributed by atoms with Crippen molar-refractivity contribution in [1.29, 1.82) is 0 Å². The highest BCUT2D eigenvalue weighted by Crippen LogP contribution is 2.40. The van der Waals surface area contributed by atoms with Gasteiger partial charge in [-0.25, -0.2) is 0 Å². The standard InChI is InChI=1S/C24H26N4O2S/c1-30-20-11-12-21-19(14-20)8-5-13-27(21)22(29)16-31-24-26-25-23(18-9-10-18)28(24)15-17-6-3-2-4-7-17/h2-4,6-7,11-12,14,18H,5,8-10,13,15-16H2,1H3. The lowest BCUT2D eigenvalue weighted by atomic mass is 10.0. The van der Waals surface area contributed by atoms with Crippen molar-refractivity contribution in [2.45, 2.75) is 43.3 Å². The molecular weight excluding hydrogens is 408 g/mol. The van der Waals surface area contributed by atoms with Crippen LogP contribution in [0.25, 0.3) is 0 Å². The summed E-state index contributed by atoms with van der Waals surface area (Å²) < 4.78 is 7.54. The van der Waals surface area contributed by atoms with Crippen LogP contribution in [-0.4, -0.2) is 40.1 Å². The van der Waals surface area contributed by atoms with Gasteiger partial charge in [-0.15, -0.1) is 10.2 Å². The number of amides is 1. The third-order valence-corrected chi connectivity index (χ3v) is 6.85. The van der Waals surface area contributed by atoms with E-state index in [0.717, 1.165) is 48.3 Å². The summed E-state index contributed by atoms with van der Waals surface area (Å²) in [6.45, 7) is 1.49. The molecule has 2 heterocycles. The van der Waals surface area contributed by atoms with Crippen molar-refractivity contribution in [2.24, 2.45) is 0 Å². The van der Waals surface area contributed by atoms with E-state index >= 15 is 0 Å². The van der Waals surface area contributed by atoms with Gasteiger partial charge in [0, 0.05) is 18.2 Å². The molecule has 0 spiro atoms. The van der Waals surface area contributed by atoms with Crippen LogP contribution in [0.1, 0.15) is 42.1 Å². The summed E-state index contributed by atoms with van der Waals surface area (Å²) >= 11 is 1.49. The number of ether oxygens (including phenoxy) is 1. The van der Waals surface area contributed by atoms with Gasteiger partial charge < -0.3 is 14.2 Å². The molecule has 1 aliphatic heterocycles. The number of carbonyl (C=O) groups is 1. The second-order valence-corrected chi connectivity index (χ2v) is 9.06. The first-order valence-corrected chi connectivity index (χ1v) is 11.8. The topological polar surface area (TPSA) is 60.2 Å². The van der Waals surface area contributed by atoms with Crippen LogP contribution in [-0.2, 0) is 17.8 Å². The van der Waals surface area contributed by atoms with Crippen LogP contribution in [0.4, 0.5) is 5.69 Å². The van der Waals surface area contributed by atoms with Gasteiger partial charge in [0.1, 0.15) is 11.6 Å². The Balaban J connectivity index is 1.32. The molecule has 0 unspecified atom stereocenters. The predicted octanol–water partition coefficient (Wildman–Crippen LogP) is 4.28. The molecule has 1 saturated carbocycles. The number of methoxy groups -OCH3 is 1. The van der Waals surface area contributed by atoms with Crippen LogP contribution in [0.3, 0.4) is 0 Å².